The summed E-state index contributed by atoms with van der Waals surface area (Å²) in [4.78, 5) is 0. The Labute approximate surface area is 56.7 Å². The zero-order chi connectivity index (χ0) is 2.71. The molecule has 0 aromatic heterocycles. The fourth-order valence-electron chi connectivity index (χ4n) is 0. The van der Waals surface area contributed by atoms with Crippen LogP contribution in [0.5, 0.6) is 0 Å². The third-order valence-corrected chi connectivity index (χ3v) is 0. The zero-order valence-corrected chi connectivity index (χ0v) is 8.36. The Balaban J connectivity index is -0.0000000200. The molecule has 0 aliphatic carbocycles. The minimum atomic E-state index is 0. The molecule has 0 aliphatic heterocycles. The summed E-state index contributed by atoms with van der Waals surface area (Å²) < 4.78 is 0. The molecule has 5 heavy (non-hydrogen) atoms. The highest BCUT2D eigenvalue weighted by Gasteiger charge is 1.38. The van der Waals surface area contributed by atoms with Crippen molar-refractivity contribution in [2.24, 2.45) is 0 Å². The summed E-state index contributed by atoms with van der Waals surface area (Å²) in [6.45, 7) is 4.53. The van der Waals surface area contributed by atoms with Gasteiger partial charge >= 0.3 is 0 Å². The first-order valence-corrected chi connectivity index (χ1v) is 4.24. The van der Waals surface area contributed by atoms with E-state index in [0.717, 1.165) is 0 Å². The van der Waals surface area contributed by atoms with Crippen LogP contribution in [0.3, 0.4) is 0 Å². The SMILES string of the molecule is Br.Br.C[SiH2]C. The van der Waals surface area contributed by atoms with Crippen molar-refractivity contribution >= 4 is 43.5 Å². The molecule has 0 rings (SSSR count). The van der Waals surface area contributed by atoms with Crippen molar-refractivity contribution in [2.45, 2.75) is 13.1 Å². The quantitative estimate of drug-likeness (QED) is 0.543. The predicted molar refractivity (Wildman–Crippen MR) is 40.9 cm³/mol. The summed E-state index contributed by atoms with van der Waals surface area (Å²) in [6.07, 6.45) is 0. The molecular formula is C2H10Br2Si. The van der Waals surface area contributed by atoms with E-state index >= 15 is 0 Å². The molecule has 36 valence electrons. The van der Waals surface area contributed by atoms with Crippen LogP contribution in [0.15, 0.2) is 0 Å². The van der Waals surface area contributed by atoms with Crippen molar-refractivity contribution in [2.75, 3.05) is 0 Å². The number of hydrogen-bond acceptors (Lipinski definition) is 0. The molecule has 0 aromatic carbocycles. The lowest BCUT2D eigenvalue weighted by Crippen LogP contribution is -1.53. The first-order chi connectivity index (χ1) is 1.41. The Kier molecular flexibility index (Phi) is 62.5. The highest BCUT2D eigenvalue weighted by atomic mass is 79.9. The summed E-state index contributed by atoms with van der Waals surface area (Å²) in [7, 11) is 0.417. The third-order valence-electron chi connectivity index (χ3n) is 0. The van der Waals surface area contributed by atoms with Crippen molar-refractivity contribution in [3.63, 3.8) is 0 Å². The van der Waals surface area contributed by atoms with Gasteiger partial charge in [-0.1, -0.05) is 13.1 Å². The van der Waals surface area contributed by atoms with Gasteiger partial charge in [0.2, 0.25) is 0 Å². The van der Waals surface area contributed by atoms with Gasteiger partial charge in [0.05, 0.1) is 0 Å². The van der Waals surface area contributed by atoms with E-state index in [2.05, 4.69) is 13.1 Å². The first-order valence-electron chi connectivity index (χ1n) is 1.41. The largest absolute Gasteiger partial charge is 0.114 e. The Bertz CT molecular complexity index is 7.61. The number of rotatable bonds is 0. The van der Waals surface area contributed by atoms with Crippen molar-refractivity contribution in [3.8, 4) is 0 Å². The Morgan fingerprint density at radius 1 is 1.00 bits per heavy atom. The first kappa shape index (κ1) is 16.4. The van der Waals surface area contributed by atoms with Gasteiger partial charge < -0.3 is 0 Å². The molecule has 0 saturated heterocycles. The van der Waals surface area contributed by atoms with Crippen LogP contribution < -0.4 is 0 Å². The van der Waals surface area contributed by atoms with Crippen LogP contribution in [0.1, 0.15) is 0 Å². The topological polar surface area (TPSA) is 0 Å². The Morgan fingerprint density at radius 3 is 1.00 bits per heavy atom. The van der Waals surface area contributed by atoms with E-state index in [1.165, 1.54) is 0 Å². The smallest absolute Gasteiger partial charge is 0.0135 e. The van der Waals surface area contributed by atoms with Crippen LogP contribution in [-0.4, -0.2) is 9.52 Å². The van der Waals surface area contributed by atoms with Crippen LogP contribution in [-0.2, 0) is 0 Å². The summed E-state index contributed by atoms with van der Waals surface area (Å²) in [5.74, 6) is 0. The van der Waals surface area contributed by atoms with E-state index < -0.39 is 0 Å². The van der Waals surface area contributed by atoms with E-state index in [1.807, 2.05) is 0 Å². The maximum Gasteiger partial charge on any atom is 0.0135 e. The van der Waals surface area contributed by atoms with Crippen LogP contribution in [0, 0.1) is 0 Å². The van der Waals surface area contributed by atoms with Gasteiger partial charge in [0.1, 0.15) is 0 Å². The molecule has 0 bridgehead atoms. The van der Waals surface area contributed by atoms with Crippen LogP contribution in [0.25, 0.3) is 0 Å². The van der Waals surface area contributed by atoms with Crippen molar-refractivity contribution in [1.29, 1.82) is 0 Å². The third kappa shape index (κ3) is 37.7. The van der Waals surface area contributed by atoms with Gasteiger partial charge in [0.15, 0.2) is 0 Å². The lowest BCUT2D eigenvalue weighted by Gasteiger charge is -1.45. The van der Waals surface area contributed by atoms with E-state index in [9.17, 15) is 0 Å². The molecular weight excluding hydrogens is 212 g/mol. The maximum absolute atomic E-state index is 2.26. The minimum absolute atomic E-state index is 0. The van der Waals surface area contributed by atoms with Gasteiger partial charge in [0, 0.05) is 9.52 Å². The van der Waals surface area contributed by atoms with Gasteiger partial charge in [-0.05, 0) is 0 Å². The standard InChI is InChI=1S/C2H8Si.2BrH/c1-3-2;;/h3H2,1-2H3;2*1H. The van der Waals surface area contributed by atoms with E-state index in [-0.39, 0.29) is 34.0 Å². The molecule has 0 aliphatic rings. The van der Waals surface area contributed by atoms with Gasteiger partial charge in [0.25, 0.3) is 0 Å². The van der Waals surface area contributed by atoms with Gasteiger partial charge in [-0.3, -0.25) is 0 Å². The van der Waals surface area contributed by atoms with Crippen molar-refractivity contribution < 1.29 is 0 Å². The fourth-order valence-corrected chi connectivity index (χ4v) is 0. The normalized spacial score (nSPS) is 3.60. The van der Waals surface area contributed by atoms with Crippen LogP contribution >= 0.6 is 34.0 Å². The van der Waals surface area contributed by atoms with Crippen LogP contribution in [0.4, 0.5) is 0 Å². The fraction of sp³-hybridized carbons (Fsp3) is 1.00. The zero-order valence-electron chi connectivity index (χ0n) is 3.52. The molecule has 0 heterocycles. The second kappa shape index (κ2) is 19.1. The molecule has 0 saturated carbocycles. The van der Waals surface area contributed by atoms with Gasteiger partial charge in [-0.25, -0.2) is 0 Å². The summed E-state index contributed by atoms with van der Waals surface area (Å²) in [5.41, 5.74) is 0. The van der Waals surface area contributed by atoms with Crippen molar-refractivity contribution in [1.82, 2.24) is 0 Å². The summed E-state index contributed by atoms with van der Waals surface area (Å²) in [6, 6.07) is 0. The van der Waals surface area contributed by atoms with Gasteiger partial charge in [-0.2, -0.15) is 0 Å². The minimum Gasteiger partial charge on any atom is -0.114 e. The maximum atomic E-state index is 2.26. The lowest BCUT2D eigenvalue weighted by atomic mass is 11.9. The molecule has 0 nitrogen and oxygen atoms in total. The highest BCUT2D eigenvalue weighted by Crippen LogP contribution is 1.36. The summed E-state index contributed by atoms with van der Waals surface area (Å²) >= 11 is 0. The molecule has 0 amide bonds. The molecule has 0 atom stereocenters. The monoisotopic (exact) mass is 220 g/mol. The second-order valence-corrected chi connectivity index (χ2v) is 2.12. The molecule has 0 fully saturated rings. The van der Waals surface area contributed by atoms with E-state index in [4.69, 9.17) is 0 Å². The Hall–Kier alpha value is 1.18. The molecule has 0 unspecified atom stereocenters. The molecule has 3 heteroatoms. The van der Waals surface area contributed by atoms with E-state index in [1.54, 1.807) is 0 Å². The molecule has 0 radical (unpaired) electrons. The highest BCUT2D eigenvalue weighted by molar-refractivity contribution is 8.93. The summed E-state index contributed by atoms with van der Waals surface area (Å²) in [5, 5.41) is 0. The average Bonchev–Trinajstić information content (AvgIpc) is 0.918. The van der Waals surface area contributed by atoms with E-state index in [0.29, 0.717) is 9.52 Å². The predicted octanol–water partition coefficient (Wildman–Crippen LogP) is 1.41. The lowest BCUT2D eigenvalue weighted by molar-refractivity contribution is 2.14. The molecule has 0 N–H and O–H groups in total. The average molecular weight is 222 g/mol. The molecule has 0 spiro atoms. The second-order valence-electron chi connectivity index (χ2n) is 0.707. The number of halogens is 2. The van der Waals surface area contributed by atoms with Crippen molar-refractivity contribution in [3.05, 3.63) is 0 Å². The number of hydrogen-bond donors (Lipinski definition) is 0. The van der Waals surface area contributed by atoms with Gasteiger partial charge in [-0.15, -0.1) is 34.0 Å². The van der Waals surface area contributed by atoms with Crippen LogP contribution in [0.2, 0.25) is 13.1 Å². The molecule has 0 aromatic rings. The Morgan fingerprint density at radius 2 is 1.00 bits per heavy atom.